The van der Waals surface area contributed by atoms with Gasteiger partial charge in [-0.05, 0) is 115 Å². The first kappa shape index (κ1) is 48.2. The quantitative estimate of drug-likeness (QED) is 0.0522. The Balaban J connectivity index is 0.925. The number of ether oxygens (including phenoxy) is 1. The SMILES string of the molecule is CCCCCCCCCCCCCCCCCCCCCCCCCC(=O)O[C@H]1CC[C@]2(C)[C@H]3CC=C4[C@@H]5[C@@H](C)[C@H](C)CC[C@]5(C)CC[C@@]4(C)[C@]3(C)CC[C@H]2C1(C)C. The van der Waals surface area contributed by atoms with E-state index in [-0.39, 0.29) is 17.5 Å². The van der Waals surface area contributed by atoms with Gasteiger partial charge in [-0.25, -0.2) is 0 Å². The molecule has 5 aliphatic carbocycles. The number of esters is 1. The summed E-state index contributed by atoms with van der Waals surface area (Å²) in [7, 11) is 0. The molecule has 0 N–H and O–H groups in total. The fourth-order valence-electron chi connectivity index (χ4n) is 15.3. The van der Waals surface area contributed by atoms with Crippen molar-refractivity contribution in [2.45, 2.75) is 280 Å². The third kappa shape index (κ3) is 11.0. The van der Waals surface area contributed by atoms with Crippen molar-refractivity contribution in [2.75, 3.05) is 0 Å². The van der Waals surface area contributed by atoms with Crippen molar-refractivity contribution in [3.8, 4) is 0 Å². The average Bonchev–Trinajstić information content (AvgIpc) is 3.18. The first-order valence-corrected chi connectivity index (χ1v) is 26.6. The molecule has 2 nitrogen and oxygen atoms in total. The Bertz CT molecular complexity index is 1260. The number of rotatable bonds is 25. The molecule has 0 unspecified atom stereocenters. The van der Waals surface area contributed by atoms with Crippen molar-refractivity contribution < 1.29 is 9.53 Å². The van der Waals surface area contributed by atoms with Crippen LogP contribution in [0.3, 0.4) is 0 Å². The van der Waals surface area contributed by atoms with Gasteiger partial charge < -0.3 is 4.74 Å². The molecule has 5 aliphatic rings. The van der Waals surface area contributed by atoms with Crippen LogP contribution in [0.5, 0.6) is 0 Å². The predicted octanol–water partition coefficient (Wildman–Crippen LogP) is 18.0. The van der Waals surface area contributed by atoms with Crippen LogP contribution >= 0.6 is 0 Å². The van der Waals surface area contributed by atoms with E-state index >= 15 is 0 Å². The lowest BCUT2D eigenvalue weighted by atomic mass is 9.33. The molecule has 0 heterocycles. The molecular formula is C56H100O2. The van der Waals surface area contributed by atoms with Crippen molar-refractivity contribution in [2.24, 2.45) is 56.7 Å². The fourth-order valence-corrected chi connectivity index (χ4v) is 15.3. The molecule has 2 heteroatoms. The molecule has 0 aromatic carbocycles. The molecule has 336 valence electrons. The number of fused-ring (bicyclic) bond motifs is 7. The van der Waals surface area contributed by atoms with Crippen LogP contribution in [-0.4, -0.2) is 12.1 Å². The van der Waals surface area contributed by atoms with E-state index < -0.39 is 0 Å². The second-order valence-electron chi connectivity index (χ2n) is 23.7. The van der Waals surface area contributed by atoms with Crippen molar-refractivity contribution in [3.63, 3.8) is 0 Å². The zero-order chi connectivity index (χ0) is 41.9. The average molecular weight is 805 g/mol. The van der Waals surface area contributed by atoms with Gasteiger partial charge in [0, 0.05) is 11.8 Å². The Morgan fingerprint density at radius 3 is 1.60 bits per heavy atom. The molecule has 5 rings (SSSR count). The van der Waals surface area contributed by atoms with Gasteiger partial charge in [0.15, 0.2) is 0 Å². The summed E-state index contributed by atoms with van der Waals surface area (Å²) in [6, 6.07) is 0. The second-order valence-corrected chi connectivity index (χ2v) is 23.7. The number of hydrogen-bond donors (Lipinski definition) is 0. The number of hydrogen-bond acceptors (Lipinski definition) is 2. The highest BCUT2D eigenvalue weighted by molar-refractivity contribution is 5.69. The van der Waals surface area contributed by atoms with Gasteiger partial charge in [0.25, 0.3) is 0 Å². The van der Waals surface area contributed by atoms with Gasteiger partial charge in [-0.3, -0.25) is 4.79 Å². The molecular weight excluding hydrogens is 705 g/mol. The number of carbonyl (C=O) groups is 1. The second kappa shape index (κ2) is 22.0. The highest BCUT2D eigenvalue weighted by atomic mass is 16.5. The summed E-state index contributed by atoms with van der Waals surface area (Å²) in [5.41, 5.74) is 3.39. The van der Waals surface area contributed by atoms with E-state index in [2.05, 4.69) is 68.4 Å². The maximum atomic E-state index is 13.3. The van der Waals surface area contributed by atoms with Crippen LogP contribution in [0, 0.1) is 56.7 Å². The maximum absolute atomic E-state index is 13.3. The molecule has 0 bridgehead atoms. The van der Waals surface area contributed by atoms with E-state index in [0.29, 0.717) is 34.0 Å². The van der Waals surface area contributed by atoms with Crippen LogP contribution in [0.2, 0.25) is 0 Å². The molecule has 0 saturated heterocycles. The lowest BCUT2D eigenvalue weighted by Crippen LogP contribution is -2.65. The number of unbranched alkanes of at least 4 members (excludes halogenated alkanes) is 22. The van der Waals surface area contributed by atoms with Crippen LogP contribution in [-0.2, 0) is 9.53 Å². The van der Waals surface area contributed by atoms with Crippen LogP contribution in [0.1, 0.15) is 274 Å². The van der Waals surface area contributed by atoms with E-state index in [0.717, 1.165) is 36.5 Å². The number of allylic oxidation sites excluding steroid dienone is 2. The minimum Gasteiger partial charge on any atom is -0.462 e. The normalized spacial score (nSPS) is 36.6. The highest BCUT2D eigenvalue weighted by Crippen LogP contribution is 2.75. The molecule has 0 aliphatic heterocycles. The first-order chi connectivity index (χ1) is 27.7. The largest absolute Gasteiger partial charge is 0.462 e. The van der Waals surface area contributed by atoms with E-state index in [1.54, 1.807) is 0 Å². The van der Waals surface area contributed by atoms with Gasteiger partial charge in [0.05, 0.1) is 0 Å². The maximum Gasteiger partial charge on any atom is 0.306 e. The monoisotopic (exact) mass is 805 g/mol. The van der Waals surface area contributed by atoms with Gasteiger partial charge in [-0.2, -0.15) is 0 Å². The zero-order valence-corrected chi connectivity index (χ0v) is 40.7. The van der Waals surface area contributed by atoms with Gasteiger partial charge >= 0.3 is 5.97 Å². The first-order valence-electron chi connectivity index (χ1n) is 26.6. The summed E-state index contributed by atoms with van der Waals surface area (Å²) >= 11 is 0. The predicted molar refractivity (Wildman–Crippen MR) is 251 cm³/mol. The Labute approximate surface area is 362 Å². The van der Waals surface area contributed by atoms with E-state index in [9.17, 15) is 4.79 Å². The zero-order valence-electron chi connectivity index (χ0n) is 40.7. The molecule has 0 radical (unpaired) electrons. The van der Waals surface area contributed by atoms with Crippen LogP contribution < -0.4 is 0 Å². The standard InChI is InChI=1S/C56H100O2/c1-10-11-12-13-14-15-16-17-18-19-20-21-22-23-24-25-26-27-28-29-30-31-32-33-50(57)58-49-38-40-54(7)47(52(49,4)5)37-41-56(9)48(54)35-34-46-51-45(3)44(2)36-39-53(51,6)42-43-55(46,56)8/h34,44-45,47-49,51H,10-33,35-43H2,1-9H3/t44-,45+,47+,48-,49+,51+,53-,54+,55-,56-/m1/s1. The van der Waals surface area contributed by atoms with Crippen molar-refractivity contribution in [3.05, 3.63) is 11.6 Å². The molecule has 0 aromatic heterocycles. The van der Waals surface area contributed by atoms with Crippen LogP contribution in [0.15, 0.2) is 11.6 Å². The Morgan fingerprint density at radius 2 is 1.09 bits per heavy atom. The Morgan fingerprint density at radius 1 is 0.586 bits per heavy atom. The van der Waals surface area contributed by atoms with E-state index in [1.165, 1.54) is 193 Å². The molecule has 4 saturated carbocycles. The molecule has 58 heavy (non-hydrogen) atoms. The van der Waals surface area contributed by atoms with Crippen LogP contribution in [0.25, 0.3) is 0 Å². The summed E-state index contributed by atoms with van der Waals surface area (Å²) in [5.74, 6) is 3.81. The molecule has 0 spiro atoms. The van der Waals surface area contributed by atoms with Crippen molar-refractivity contribution in [1.82, 2.24) is 0 Å². The molecule has 10 atom stereocenters. The summed E-state index contributed by atoms with van der Waals surface area (Å²) in [5, 5.41) is 0. The Hall–Kier alpha value is -0.790. The summed E-state index contributed by atoms with van der Waals surface area (Å²) in [4.78, 5) is 13.3. The smallest absolute Gasteiger partial charge is 0.306 e. The third-order valence-corrected chi connectivity index (χ3v) is 19.6. The van der Waals surface area contributed by atoms with E-state index in [4.69, 9.17) is 4.74 Å². The molecule has 0 aromatic rings. The topological polar surface area (TPSA) is 26.3 Å². The van der Waals surface area contributed by atoms with Crippen LogP contribution in [0.4, 0.5) is 0 Å². The van der Waals surface area contributed by atoms with Gasteiger partial charge in [0.1, 0.15) is 6.10 Å². The van der Waals surface area contributed by atoms with Crippen molar-refractivity contribution >= 4 is 5.97 Å². The molecule has 4 fully saturated rings. The summed E-state index contributed by atoms with van der Waals surface area (Å²) in [6.45, 7) is 23.2. The minimum absolute atomic E-state index is 0.0275. The van der Waals surface area contributed by atoms with Gasteiger partial charge in [-0.15, -0.1) is 0 Å². The van der Waals surface area contributed by atoms with E-state index in [1.807, 2.05) is 5.57 Å². The van der Waals surface area contributed by atoms with Gasteiger partial charge in [-0.1, -0.05) is 215 Å². The summed E-state index contributed by atoms with van der Waals surface area (Å²) < 4.78 is 6.46. The molecule has 0 amide bonds. The number of carbonyl (C=O) groups excluding carboxylic acids is 1. The Kier molecular flexibility index (Phi) is 18.3. The fraction of sp³-hybridized carbons (Fsp3) is 0.946. The summed E-state index contributed by atoms with van der Waals surface area (Å²) in [6.07, 6.45) is 47.4. The lowest BCUT2D eigenvalue weighted by molar-refractivity contribution is -0.213. The minimum atomic E-state index is 0.0275. The lowest BCUT2D eigenvalue weighted by Gasteiger charge is -2.71. The third-order valence-electron chi connectivity index (χ3n) is 19.6. The van der Waals surface area contributed by atoms with Crippen molar-refractivity contribution in [1.29, 1.82) is 0 Å². The van der Waals surface area contributed by atoms with Gasteiger partial charge in [0.2, 0.25) is 0 Å². The highest BCUT2D eigenvalue weighted by Gasteiger charge is 2.68.